The van der Waals surface area contributed by atoms with Gasteiger partial charge in [-0.15, -0.1) is 0 Å². The zero-order chi connectivity index (χ0) is 16.1. The zero-order valence-corrected chi connectivity index (χ0v) is 11.4. The highest BCUT2D eigenvalue weighted by molar-refractivity contribution is 5.86. The Hall–Kier alpha value is -2.20. The van der Waals surface area contributed by atoms with Crippen molar-refractivity contribution in [3.05, 3.63) is 30.3 Å². The number of carbonyl (C=O) groups excluding carboxylic acids is 1. The molecule has 0 radical (unpaired) electrons. The van der Waals surface area contributed by atoms with Gasteiger partial charge in [0.25, 0.3) is 5.90 Å². The van der Waals surface area contributed by atoms with Crippen LogP contribution in [0.3, 0.4) is 0 Å². The van der Waals surface area contributed by atoms with E-state index in [4.69, 9.17) is 9.84 Å². The number of aliphatic hydroxyl groups is 4. The quantitative estimate of drug-likeness (QED) is 0.357. The molecule has 9 nitrogen and oxygen atoms in total. The Morgan fingerprint density at radius 3 is 2.55 bits per heavy atom. The molecular weight excluding hydrogens is 296 g/mol. The minimum Gasteiger partial charge on any atom is -0.468 e. The number of nitrogens with one attached hydrogen (secondary N) is 1. The van der Waals surface area contributed by atoms with Crippen molar-refractivity contribution in [2.75, 3.05) is 11.9 Å². The van der Waals surface area contributed by atoms with E-state index in [1.165, 1.54) is 0 Å². The topological polar surface area (TPSA) is 141 Å². The summed E-state index contributed by atoms with van der Waals surface area (Å²) in [4.78, 5) is 16.0. The first-order chi connectivity index (χ1) is 10.5. The van der Waals surface area contributed by atoms with Crippen LogP contribution < -0.4 is 5.32 Å². The molecule has 0 spiro atoms. The average Bonchev–Trinajstić information content (AvgIpc) is 2.53. The van der Waals surface area contributed by atoms with Gasteiger partial charge < -0.3 is 25.2 Å². The van der Waals surface area contributed by atoms with Crippen LogP contribution in [-0.4, -0.2) is 63.4 Å². The molecule has 0 aliphatic carbocycles. The Kier molecular flexibility index (Phi) is 5.28. The maximum absolute atomic E-state index is 11.5. The highest BCUT2D eigenvalue weighted by Gasteiger charge is 2.42. The van der Waals surface area contributed by atoms with Crippen molar-refractivity contribution >= 4 is 17.7 Å². The molecule has 1 aliphatic heterocycles. The van der Waals surface area contributed by atoms with Crippen LogP contribution in [0.25, 0.3) is 0 Å². The lowest BCUT2D eigenvalue weighted by Crippen LogP contribution is -2.56. The lowest BCUT2D eigenvalue weighted by atomic mass is 10.00. The van der Waals surface area contributed by atoms with Crippen molar-refractivity contribution in [2.24, 2.45) is 5.16 Å². The van der Waals surface area contributed by atoms with Crippen LogP contribution in [0.4, 0.5) is 10.5 Å². The summed E-state index contributed by atoms with van der Waals surface area (Å²) in [6.45, 7) is -0.611. The number of para-hydroxylation sites is 1. The number of oxime groups is 1. The van der Waals surface area contributed by atoms with Gasteiger partial charge in [0.1, 0.15) is 12.2 Å². The Morgan fingerprint density at radius 2 is 1.91 bits per heavy atom. The summed E-state index contributed by atoms with van der Waals surface area (Å²) in [6, 6.07) is 8.44. The van der Waals surface area contributed by atoms with Crippen molar-refractivity contribution < 1.29 is 34.8 Å². The molecule has 1 heterocycles. The highest BCUT2D eigenvalue weighted by Crippen LogP contribution is 2.17. The first kappa shape index (κ1) is 16.2. The SMILES string of the molecule is O=C(Nc1ccccc1)O/N=C1/OC(CO)[C@@H](O)C(O)[C@@H]1O. The summed E-state index contributed by atoms with van der Waals surface area (Å²) >= 11 is 0. The molecule has 4 atom stereocenters. The number of anilines is 1. The molecule has 1 aromatic rings. The van der Waals surface area contributed by atoms with Gasteiger partial charge >= 0.3 is 6.09 Å². The maximum atomic E-state index is 11.5. The van der Waals surface area contributed by atoms with E-state index in [1.807, 2.05) is 0 Å². The van der Waals surface area contributed by atoms with Crippen LogP contribution in [0.15, 0.2) is 35.5 Å². The molecule has 1 fully saturated rings. The molecule has 22 heavy (non-hydrogen) atoms. The standard InChI is InChI=1S/C13H16N2O7/c16-6-8-9(17)10(18)11(19)12(21-8)15-22-13(20)14-7-4-2-1-3-5-7/h1-5,8-11,16-19H,6H2,(H,14,20)/b15-12+/t8?,9-,10?,11+/m1/s1. The summed E-state index contributed by atoms with van der Waals surface area (Å²) in [6.07, 6.45) is -6.90. The van der Waals surface area contributed by atoms with Crippen LogP contribution >= 0.6 is 0 Å². The number of ether oxygens (including phenoxy) is 1. The molecule has 120 valence electrons. The Balaban J connectivity index is 1.98. The second kappa shape index (κ2) is 7.18. The van der Waals surface area contributed by atoms with Crippen molar-refractivity contribution in [3.63, 3.8) is 0 Å². The molecular formula is C13H16N2O7. The van der Waals surface area contributed by atoms with E-state index in [1.54, 1.807) is 30.3 Å². The molecule has 1 saturated heterocycles. The molecule has 1 aliphatic rings. The molecule has 1 amide bonds. The average molecular weight is 312 g/mol. The fraction of sp³-hybridized carbons (Fsp3) is 0.385. The largest absolute Gasteiger partial charge is 0.468 e. The minimum absolute atomic E-state index is 0.474. The molecule has 2 unspecified atom stereocenters. The second-order valence-electron chi connectivity index (χ2n) is 4.56. The first-order valence-electron chi connectivity index (χ1n) is 6.45. The normalized spacial score (nSPS) is 29.7. The third-order valence-electron chi connectivity index (χ3n) is 3.00. The number of nitrogens with zero attached hydrogens (tertiary/aromatic N) is 1. The Bertz CT molecular complexity index is 534. The van der Waals surface area contributed by atoms with Crippen LogP contribution in [0, 0.1) is 0 Å². The van der Waals surface area contributed by atoms with Crippen molar-refractivity contribution in [1.82, 2.24) is 0 Å². The molecule has 0 aromatic heterocycles. The Labute approximate surface area is 125 Å². The van der Waals surface area contributed by atoms with E-state index in [0.717, 1.165) is 0 Å². The number of aliphatic hydroxyl groups excluding tert-OH is 4. The van der Waals surface area contributed by atoms with E-state index in [-0.39, 0.29) is 0 Å². The van der Waals surface area contributed by atoms with Gasteiger partial charge in [0.05, 0.1) is 6.61 Å². The summed E-state index contributed by atoms with van der Waals surface area (Å²) in [7, 11) is 0. The lowest BCUT2D eigenvalue weighted by molar-refractivity contribution is -0.130. The number of carbonyl (C=O) groups is 1. The molecule has 2 rings (SSSR count). The summed E-state index contributed by atoms with van der Waals surface area (Å²) < 4.78 is 4.97. The number of hydrogen-bond acceptors (Lipinski definition) is 8. The molecule has 5 N–H and O–H groups in total. The minimum atomic E-state index is -1.68. The number of hydrogen-bond donors (Lipinski definition) is 5. The van der Waals surface area contributed by atoms with E-state index in [2.05, 4.69) is 15.3 Å². The third kappa shape index (κ3) is 3.71. The highest BCUT2D eigenvalue weighted by atomic mass is 16.7. The predicted octanol–water partition coefficient (Wildman–Crippen LogP) is -0.978. The van der Waals surface area contributed by atoms with Gasteiger partial charge in [0.15, 0.2) is 12.2 Å². The molecule has 9 heteroatoms. The van der Waals surface area contributed by atoms with Crippen LogP contribution in [0.1, 0.15) is 0 Å². The summed E-state index contributed by atoms with van der Waals surface area (Å²) in [5.74, 6) is -0.514. The van der Waals surface area contributed by atoms with Crippen LogP contribution in [-0.2, 0) is 9.57 Å². The van der Waals surface area contributed by atoms with Crippen LogP contribution in [0.2, 0.25) is 0 Å². The van der Waals surface area contributed by atoms with Gasteiger partial charge in [0, 0.05) is 5.69 Å². The Morgan fingerprint density at radius 1 is 1.23 bits per heavy atom. The van der Waals surface area contributed by atoms with Crippen molar-refractivity contribution in [3.8, 4) is 0 Å². The fourth-order valence-corrected chi connectivity index (χ4v) is 1.82. The fourth-order valence-electron chi connectivity index (χ4n) is 1.82. The van der Waals surface area contributed by atoms with Gasteiger partial charge in [-0.25, -0.2) is 4.79 Å². The van der Waals surface area contributed by atoms with Crippen molar-refractivity contribution in [2.45, 2.75) is 24.4 Å². The van der Waals surface area contributed by atoms with Gasteiger partial charge in [-0.2, -0.15) is 0 Å². The zero-order valence-electron chi connectivity index (χ0n) is 11.4. The number of rotatable bonds is 3. The van der Waals surface area contributed by atoms with Crippen LogP contribution in [0.5, 0.6) is 0 Å². The summed E-state index contributed by atoms with van der Waals surface area (Å²) in [5, 5.41) is 43.5. The first-order valence-corrected chi connectivity index (χ1v) is 6.45. The van der Waals surface area contributed by atoms with Gasteiger partial charge in [-0.3, -0.25) is 10.2 Å². The number of benzene rings is 1. The molecule has 0 saturated carbocycles. The van der Waals surface area contributed by atoms with Gasteiger partial charge in [-0.05, 0) is 17.3 Å². The van der Waals surface area contributed by atoms with Crippen molar-refractivity contribution in [1.29, 1.82) is 0 Å². The van der Waals surface area contributed by atoms with Gasteiger partial charge in [-0.1, -0.05) is 18.2 Å². The number of amides is 1. The summed E-state index contributed by atoms with van der Waals surface area (Å²) in [5.41, 5.74) is 0.474. The van der Waals surface area contributed by atoms with E-state index in [0.29, 0.717) is 5.69 Å². The predicted molar refractivity (Wildman–Crippen MR) is 74.0 cm³/mol. The van der Waals surface area contributed by atoms with E-state index in [9.17, 15) is 20.1 Å². The maximum Gasteiger partial charge on any atom is 0.437 e. The lowest BCUT2D eigenvalue weighted by Gasteiger charge is -2.34. The van der Waals surface area contributed by atoms with E-state index < -0.39 is 43.0 Å². The smallest absolute Gasteiger partial charge is 0.437 e. The third-order valence-corrected chi connectivity index (χ3v) is 3.00. The molecule has 0 bridgehead atoms. The van der Waals surface area contributed by atoms with E-state index >= 15 is 0 Å². The molecule has 1 aromatic carbocycles. The van der Waals surface area contributed by atoms with Gasteiger partial charge in [0.2, 0.25) is 0 Å². The second-order valence-corrected chi connectivity index (χ2v) is 4.56. The monoisotopic (exact) mass is 312 g/mol.